The molecule has 0 radical (unpaired) electrons. The number of rotatable bonds is 3. The number of carbonyl (C=O) groups excluding carboxylic acids is 2. The zero-order chi connectivity index (χ0) is 16.3. The largest absolute Gasteiger partial charge is 0.324 e. The van der Waals surface area contributed by atoms with Gasteiger partial charge in [0.15, 0.2) is 0 Å². The van der Waals surface area contributed by atoms with Gasteiger partial charge in [-0.25, -0.2) is 9.37 Å². The highest BCUT2D eigenvalue weighted by Crippen LogP contribution is 2.20. The molecule has 7 heteroatoms. The molecular formula is C15H13ClFN3O2. The van der Waals surface area contributed by atoms with Gasteiger partial charge in [-0.05, 0) is 30.3 Å². The summed E-state index contributed by atoms with van der Waals surface area (Å²) in [7, 11) is 1.54. The lowest BCUT2D eigenvalue weighted by Crippen LogP contribution is -2.27. The molecule has 0 aliphatic heterocycles. The summed E-state index contributed by atoms with van der Waals surface area (Å²) in [6.07, 6.45) is 1.42. The van der Waals surface area contributed by atoms with E-state index < -0.39 is 11.7 Å². The molecule has 1 aromatic heterocycles. The Bertz CT molecular complexity index is 719. The number of hydrogen-bond donors (Lipinski definition) is 1. The van der Waals surface area contributed by atoms with E-state index in [1.807, 2.05) is 0 Å². The summed E-state index contributed by atoms with van der Waals surface area (Å²) < 4.78 is 13.6. The third kappa shape index (κ3) is 3.59. The van der Waals surface area contributed by atoms with Crippen LogP contribution in [0, 0.1) is 5.82 Å². The van der Waals surface area contributed by atoms with Gasteiger partial charge in [0, 0.05) is 25.7 Å². The monoisotopic (exact) mass is 321 g/mol. The van der Waals surface area contributed by atoms with E-state index in [0.717, 1.165) is 6.07 Å². The van der Waals surface area contributed by atoms with Crippen LogP contribution < -0.4 is 10.2 Å². The predicted molar refractivity (Wildman–Crippen MR) is 82.7 cm³/mol. The summed E-state index contributed by atoms with van der Waals surface area (Å²) in [5.41, 5.74) is 0.181. The molecule has 2 rings (SSSR count). The van der Waals surface area contributed by atoms with Gasteiger partial charge in [-0.15, -0.1) is 0 Å². The molecule has 0 fully saturated rings. The highest BCUT2D eigenvalue weighted by Gasteiger charge is 2.16. The minimum atomic E-state index is -0.612. The number of carbonyl (C=O) groups is 2. The molecule has 1 heterocycles. The topological polar surface area (TPSA) is 62.3 Å². The molecule has 0 spiro atoms. The first-order valence-electron chi connectivity index (χ1n) is 6.35. The van der Waals surface area contributed by atoms with Crippen molar-refractivity contribution in [3.63, 3.8) is 0 Å². The normalized spacial score (nSPS) is 10.2. The molecule has 0 saturated heterocycles. The van der Waals surface area contributed by atoms with Crippen LogP contribution in [0.2, 0.25) is 5.02 Å². The Balaban J connectivity index is 2.28. The Morgan fingerprint density at radius 1 is 1.27 bits per heavy atom. The van der Waals surface area contributed by atoms with Crippen molar-refractivity contribution in [3.05, 3.63) is 52.9 Å². The summed E-state index contributed by atoms with van der Waals surface area (Å²) >= 11 is 5.75. The maximum Gasteiger partial charge on any atom is 0.259 e. The zero-order valence-corrected chi connectivity index (χ0v) is 12.7. The molecule has 2 aromatic rings. The van der Waals surface area contributed by atoms with Crippen LogP contribution in [0.15, 0.2) is 36.5 Å². The van der Waals surface area contributed by atoms with E-state index in [4.69, 9.17) is 11.6 Å². The van der Waals surface area contributed by atoms with Gasteiger partial charge in [0.05, 0.1) is 10.7 Å². The van der Waals surface area contributed by atoms with E-state index in [2.05, 4.69) is 10.3 Å². The number of anilines is 2. The molecular weight excluding hydrogens is 309 g/mol. The standard InChI is InChI=1S/C15H13ClFN3O2/c1-9(21)19-13-7-10(3-5-12(13)17)15(22)20(2)14-6-4-11(16)8-18-14/h3-8H,1-2H3,(H,19,21). The zero-order valence-electron chi connectivity index (χ0n) is 11.9. The van der Waals surface area contributed by atoms with Crippen LogP contribution in [0.5, 0.6) is 0 Å². The Hall–Kier alpha value is -2.47. The Morgan fingerprint density at radius 3 is 2.59 bits per heavy atom. The van der Waals surface area contributed by atoms with Crippen molar-refractivity contribution in [2.24, 2.45) is 0 Å². The van der Waals surface area contributed by atoms with Crippen LogP contribution in [0.4, 0.5) is 15.9 Å². The van der Waals surface area contributed by atoms with Crippen LogP contribution in [-0.2, 0) is 4.79 Å². The van der Waals surface area contributed by atoms with Gasteiger partial charge < -0.3 is 5.32 Å². The summed E-state index contributed by atoms with van der Waals surface area (Å²) in [6, 6.07) is 6.96. The summed E-state index contributed by atoms with van der Waals surface area (Å²) in [5, 5.41) is 2.79. The van der Waals surface area contributed by atoms with E-state index in [1.54, 1.807) is 19.2 Å². The van der Waals surface area contributed by atoms with Gasteiger partial charge in [-0.1, -0.05) is 11.6 Å². The van der Waals surface area contributed by atoms with Crippen molar-refractivity contribution in [2.45, 2.75) is 6.92 Å². The van der Waals surface area contributed by atoms with Crippen LogP contribution >= 0.6 is 11.6 Å². The third-order valence-electron chi connectivity index (χ3n) is 2.88. The number of halogens is 2. The highest BCUT2D eigenvalue weighted by atomic mass is 35.5. The smallest absolute Gasteiger partial charge is 0.259 e. The van der Waals surface area contributed by atoms with E-state index in [-0.39, 0.29) is 17.2 Å². The maximum atomic E-state index is 13.6. The molecule has 2 amide bonds. The molecule has 0 aliphatic carbocycles. The number of hydrogen-bond acceptors (Lipinski definition) is 3. The van der Waals surface area contributed by atoms with Gasteiger partial charge in [0.1, 0.15) is 11.6 Å². The second kappa shape index (κ2) is 6.53. The summed E-state index contributed by atoms with van der Waals surface area (Å²) in [4.78, 5) is 28.8. The number of nitrogens with one attached hydrogen (secondary N) is 1. The molecule has 5 nitrogen and oxygen atoms in total. The number of pyridine rings is 1. The first-order chi connectivity index (χ1) is 10.4. The van der Waals surface area contributed by atoms with Gasteiger partial charge >= 0.3 is 0 Å². The van der Waals surface area contributed by atoms with E-state index in [9.17, 15) is 14.0 Å². The van der Waals surface area contributed by atoms with Gasteiger partial charge in [-0.3, -0.25) is 14.5 Å². The Labute approximate surface area is 131 Å². The molecule has 0 saturated carbocycles. The lowest BCUT2D eigenvalue weighted by Gasteiger charge is -2.17. The van der Waals surface area contributed by atoms with Crippen molar-refractivity contribution in [2.75, 3.05) is 17.3 Å². The average molecular weight is 322 g/mol. The SMILES string of the molecule is CC(=O)Nc1cc(C(=O)N(C)c2ccc(Cl)cn2)ccc1F. The number of aromatic nitrogens is 1. The molecule has 0 unspecified atom stereocenters. The first kappa shape index (κ1) is 15.9. The Morgan fingerprint density at radius 2 is 2.00 bits per heavy atom. The van der Waals surface area contributed by atoms with E-state index in [0.29, 0.717) is 10.8 Å². The first-order valence-corrected chi connectivity index (χ1v) is 6.73. The fourth-order valence-electron chi connectivity index (χ4n) is 1.81. The van der Waals surface area contributed by atoms with Crippen molar-refractivity contribution in [3.8, 4) is 0 Å². The van der Waals surface area contributed by atoms with Gasteiger partial charge in [0.2, 0.25) is 5.91 Å². The highest BCUT2D eigenvalue weighted by molar-refractivity contribution is 6.30. The quantitative estimate of drug-likeness (QED) is 0.944. The predicted octanol–water partition coefficient (Wildman–Crippen LogP) is 3.11. The van der Waals surface area contributed by atoms with Crippen LogP contribution in [0.1, 0.15) is 17.3 Å². The maximum absolute atomic E-state index is 13.6. The molecule has 1 N–H and O–H groups in total. The fourth-order valence-corrected chi connectivity index (χ4v) is 1.92. The minimum Gasteiger partial charge on any atom is -0.324 e. The van der Waals surface area contributed by atoms with Gasteiger partial charge in [0.25, 0.3) is 5.91 Å². The molecule has 0 aliphatic rings. The molecule has 1 aromatic carbocycles. The average Bonchev–Trinajstić information content (AvgIpc) is 2.48. The lowest BCUT2D eigenvalue weighted by molar-refractivity contribution is -0.114. The molecule has 114 valence electrons. The number of benzene rings is 1. The van der Waals surface area contributed by atoms with E-state index in [1.165, 1.54) is 30.2 Å². The lowest BCUT2D eigenvalue weighted by atomic mass is 10.1. The van der Waals surface area contributed by atoms with Crippen LogP contribution in [-0.4, -0.2) is 23.8 Å². The van der Waals surface area contributed by atoms with Crippen LogP contribution in [0.3, 0.4) is 0 Å². The Kier molecular flexibility index (Phi) is 4.72. The van der Waals surface area contributed by atoms with Gasteiger partial charge in [-0.2, -0.15) is 0 Å². The molecule has 0 atom stereocenters. The van der Waals surface area contributed by atoms with Crippen LogP contribution in [0.25, 0.3) is 0 Å². The number of nitrogens with zero attached hydrogens (tertiary/aromatic N) is 2. The van der Waals surface area contributed by atoms with Crippen molar-refractivity contribution in [1.29, 1.82) is 0 Å². The van der Waals surface area contributed by atoms with Crippen molar-refractivity contribution < 1.29 is 14.0 Å². The van der Waals surface area contributed by atoms with Crippen molar-refractivity contribution in [1.82, 2.24) is 4.98 Å². The van der Waals surface area contributed by atoms with Crippen molar-refractivity contribution >= 4 is 34.9 Å². The molecule has 0 bridgehead atoms. The fraction of sp³-hybridized carbons (Fsp3) is 0.133. The minimum absolute atomic E-state index is 0.0455. The summed E-state index contributed by atoms with van der Waals surface area (Å²) in [6.45, 7) is 1.26. The number of amides is 2. The second-order valence-electron chi connectivity index (χ2n) is 4.57. The summed E-state index contributed by atoms with van der Waals surface area (Å²) in [5.74, 6) is -1.02. The molecule has 22 heavy (non-hydrogen) atoms. The van der Waals surface area contributed by atoms with E-state index >= 15 is 0 Å². The third-order valence-corrected chi connectivity index (χ3v) is 3.11. The second-order valence-corrected chi connectivity index (χ2v) is 5.01.